The average Bonchev–Trinajstić information content (AvgIpc) is 2.75. The Morgan fingerprint density at radius 1 is 1.10 bits per heavy atom. The van der Waals surface area contributed by atoms with Crippen molar-refractivity contribution in [1.82, 2.24) is 9.97 Å². The summed E-state index contributed by atoms with van der Waals surface area (Å²) in [4.78, 5) is 7.41. The highest BCUT2D eigenvalue weighted by atomic mass is 35.5. The summed E-state index contributed by atoms with van der Waals surface area (Å²) in [7, 11) is 0. The Morgan fingerprint density at radius 2 is 1.90 bits per heavy atom. The van der Waals surface area contributed by atoms with Gasteiger partial charge in [0.25, 0.3) is 0 Å². The number of anilines is 2. The molecule has 0 amide bonds. The topological polar surface area (TPSA) is 40.7 Å². The zero-order valence-electron chi connectivity index (χ0n) is 9.95. The molecule has 0 aliphatic carbocycles. The highest BCUT2D eigenvalue weighted by Gasteiger charge is 2.05. The van der Waals surface area contributed by atoms with Crippen LogP contribution < -0.4 is 5.32 Å². The number of nitrogens with zero attached hydrogens (tertiary/aromatic N) is 1. The number of aromatic nitrogens is 2. The molecule has 7 heteroatoms. The van der Waals surface area contributed by atoms with Crippen LogP contribution in [0.5, 0.6) is 0 Å². The molecule has 20 heavy (non-hydrogen) atoms. The minimum Gasteiger partial charge on any atom is -0.326 e. The SMILES string of the molecule is Cl.Fc1ccc(Nc2nc3ccc(Cl)cc3[nH]2)cc1Cl. The smallest absolute Gasteiger partial charge is 0.205 e. The molecular formula is C13H9Cl3FN3. The molecule has 3 aromatic rings. The minimum absolute atomic E-state index is 0. The lowest BCUT2D eigenvalue weighted by molar-refractivity contribution is 0.628. The van der Waals surface area contributed by atoms with Crippen molar-refractivity contribution in [1.29, 1.82) is 0 Å². The fraction of sp³-hybridized carbons (Fsp3) is 0. The fourth-order valence-electron chi connectivity index (χ4n) is 1.75. The Hall–Kier alpha value is -1.49. The molecule has 0 aliphatic rings. The molecular weight excluding hydrogens is 324 g/mol. The molecule has 0 aliphatic heterocycles. The van der Waals surface area contributed by atoms with Gasteiger partial charge in [-0.3, -0.25) is 0 Å². The van der Waals surface area contributed by atoms with Gasteiger partial charge in [-0.1, -0.05) is 23.2 Å². The van der Waals surface area contributed by atoms with Crippen molar-refractivity contribution in [3.05, 3.63) is 52.3 Å². The van der Waals surface area contributed by atoms with Crippen molar-refractivity contribution in [2.24, 2.45) is 0 Å². The number of H-pyrrole nitrogens is 1. The largest absolute Gasteiger partial charge is 0.326 e. The molecule has 0 spiro atoms. The van der Waals surface area contributed by atoms with E-state index < -0.39 is 5.82 Å². The van der Waals surface area contributed by atoms with Gasteiger partial charge in [0.05, 0.1) is 16.1 Å². The Bertz CT molecular complexity index is 758. The maximum atomic E-state index is 13.1. The van der Waals surface area contributed by atoms with Gasteiger partial charge in [0, 0.05) is 10.7 Å². The van der Waals surface area contributed by atoms with E-state index in [0.29, 0.717) is 16.7 Å². The second-order valence-corrected chi connectivity index (χ2v) is 4.84. The number of hydrogen-bond donors (Lipinski definition) is 2. The zero-order chi connectivity index (χ0) is 13.4. The predicted molar refractivity (Wildman–Crippen MR) is 83.0 cm³/mol. The molecule has 1 aromatic heterocycles. The van der Waals surface area contributed by atoms with Crippen molar-refractivity contribution in [3.8, 4) is 0 Å². The van der Waals surface area contributed by atoms with E-state index in [2.05, 4.69) is 15.3 Å². The summed E-state index contributed by atoms with van der Waals surface area (Å²) in [5, 5.41) is 3.71. The number of fused-ring (bicyclic) bond motifs is 1. The molecule has 2 aromatic carbocycles. The Labute approximate surface area is 130 Å². The van der Waals surface area contributed by atoms with Crippen LogP contribution in [-0.4, -0.2) is 9.97 Å². The van der Waals surface area contributed by atoms with Crippen molar-refractivity contribution in [2.45, 2.75) is 0 Å². The maximum Gasteiger partial charge on any atom is 0.205 e. The first-order valence-corrected chi connectivity index (χ1v) is 6.25. The summed E-state index contributed by atoms with van der Waals surface area (Å²) >= 11 is 11.6. The molecule has 104 valence electrons. The van der Waals surface area contributed by atoms with Crippen LogP contribution >= 0.6 is 35.6 Å². The van der Waals surface area contributed by atoms with Crippen LogP contribution in [0.2, 0.25) is 10.0 Å². The van der Waals surface area contributed by atoms with E-state index in [1.165, 1.54) is 12.1 Å². The van der Waals surface area contributed by atoms with E-state index in [4.69, 9.17) is 23.2 Å². The summed E-state index contributed by atoms with van der Waals surface area (Å²) in [5.41, 5.74) is 2.26. The Balaban J connectivity index is 0.00000147. The third kappa shape index (κ3) is 2.98. The number of nitrogens with one attached hydrogen (secondary N) is 2. The Morgan fingerprint density at radius 3 is 2.65 bits per heavy atom. The van der Waals surface area contributed by atoms with Gasteiger partial charge in [0.1, 0.15) is 5.82 Å². The molecule has 1 heterocycles. The number of hydrogen-bond acceptors (Lipinski definition) is 2. The maximum absolute atomic E-state index is 13.1. The molecule has 0 radical (unpaired) electrons. The van der Waals surface area contributed by atoms with Crippen LogP contribution in [-0.2, 0) is 0 Å². The molecule has 2 N–H and O–H groups in total. The summed E-state index contributed by atoms with van der Waals surface area (Å²) in [5.74, 6) is 0.0866. The first-order valence-electron chi connectivity index (χ1n) is 5.49. The third-order valence-corrected chi connectivity index (χ3v) is 3.15. The van der Waals surface area contributed by atoms with Gasteiger partial charge in [-0.2, -0.15) is 0 Å². The zero-order valence-corrected chi connectivity index (χ0v) is 12.3. The van der Waals surface area contributed by atoms with E-state index in [-0.39, 0.29) is 17.4 Å². The monoisotopic (exact) mass is 331 g/mol. The van der Waals surface area contributed by atoms with Crippen molar-refractivity contribution >= 4 is 58.3 Å². The summed E-state index contributed by atoms with van der Waals surface area (Å²) in [6, 6.07) is 9.75. The van der Waals surface area contributed by atoms with Crippen LogP contribution in [0, 0.1) is 5.82 Å². The second-order valence-electron chi connectivity index (χ2n) is 4.00. The normalized spacial score (nSPS) is 10.3. The molecule has 3 nitrogen and oxygen atoms in total. The van der Waals surface area contributed by atoms with Crippen LogP contribution in [0.1, 0.15) is 0 Å². The second kappa shape index (κ2) is 5.87. The molecule has 0 saturated heterocycles. The van der Waals surface area contributed by atoms with E-state index >= 15 is 0 Å². The van der Waals surface area contributed by atoms with E-state index in [9.17, 15) is 4.39 Å². The van der Waals surface area contributed by atoms with Gasteiger partial charge < -0.3 is 10.3 Å². The van der Waals surface area contributed by atoms with Gasteiger partial charge in [0.2, 0.25) is 5.95 Å². The van der Waals surface area contributed by atoms with E-state index in [1.54, 1.807) is 18.2 Å². The number of aromatic amines is 1. The lowest BCUT2D eigenvalue weighted by Gasteiger charge is -2.03. The van der Waals surface area contributed by atoms with E-state index in [1.807, 2.05) is 6.07 Å². The van der Waals surface area contributed by atoms with Gasteiger partial charge in [-0.15, -0.1) is 12.4 Å². The first kappa shape index (κ1) is 14.9. The summed E-state index contributed by atoms with van der Waals surface area (Å²) in [6.45, 7) is 0. The van der Waals surface area contributed by atoms with Crippen molar-refractivity contribution < 1.29 is 4.39 Å². The molecule has 0 fully saturated rings. The molecule has 0 unspecified atom stereocenters. The highest BCUT2D eigenvalue weighted by Crippen LogP contribution is 2.24. The van der Waals surface area contributed by atoms with E-state index in [0.717, 1.165) is 11.0 Å². The number of rotatable bonds is 2. The molecule has 0 saturated carbocycles. The first-order chi connectivity index (χ1) is 9.11. The summed E-state index contributed by atoms with van der Waals surface area (Å²) < 4.78 is 13.1. The van der Waals surface area contributed by atoms with Gasteiger partial charge in [-0.25, -0.2) is 9.37 Å². The third-order valence-electron chi connectivity index (χ3n) is 2.63. The van der Waals surface area contributed by atoms with Crippen LogP contribution in [0.25, 0.3) is 11.0 Å². The van der Waals surface area contributed by atoms with Gasteiger partial charge in [0.15, 0.2) is 0 Å². The van der Waals surface area contributed by atoms with Gasteiger partial charge in [-0.05, 0) is 36.4 Å². The molecule has 0 bridgehead atoms. The molecule has 3 rings (SSSR count). The average molecular weight is 333 g/mol. The van der Waals surface area contributed by atoms with Crippen LogP contribution in [0.3, 0.4) is 0 Å². The lowest BCUT2D eigenvalue weighted by atomic mass is 10.3. The standard InChI is InChI=1S/C13H8Cl2FN3.ClH/c14-7-1-4-11-12(5-7)19-13(18-11)17-8-2-3-10(16)9(15)6-8;/h1-6H,(H2,17,18,19);1H. The number of imidazole rings is 1. The minimum atomic E-state index is -0.455. The Kier molecular flexibility index (Phi) is 4.38. The molecule has 0 atom stereocenters. The highest BCUT2D eigenvalue weighted by molar-refractivity contribution is 6.31. The fourth-order valence-corrected chi connectivity index (χ4v) is 2.10. The van der Waals surface area contributed by atoms with Crippen molar-refractivity contribution in [3.63, 3.8) is 0 Å². The number of benzene rings is 2. The van der Waals surface area contributed by atoms with Gasteiger partial charge >= 0.3 is 0 Å². The van der Waals surface area contributed by atoms with Crippen LogP contribution in [0.15, 0.2) is 36.4 Å². The lowest BCUT2D eigenvalue weighted by Crippen LogP contribution is -1.92. The quantitative estimate of drug-likeness (QED) is 0.679. The number of halogens is 4. The predicted octanol–water partition coefficient (Wildman–Crippen LogP) is 5.17. The van der Waals surface area contributed by atoms with Crippen molar-refractivity contribution in [2.75, 3.05) is 5.32 Å². The summed E-state index contributed by atoms with van der Waals surface area (Å²) in [6.07, 6.45) is 0. The van der Waals surface area contributed by atoms with Crippen LogP contribution in [0.4, 0.5) is 16.0 Å².